The van der Waals surface area contributed by atoms with Crippen LogP contribution in [0.1, 0.15) is 5.56 Å². The Morgan fingerprint density at radius 3 is 2.73 bits per heavy atom. The lowest BCUT2D eigenvalue weighted by atomic mass is 10.2. The summed E-state index contributed by atoms with van der Waals surface area (Å²) in [7, 11) is 1.48. The van der Waals surface area contributed by atoms with Gasteiger partial charge in [-0.2, -0.15) is 14.5 Å². The average molecular weight is 373 g/mol. The maximum atomic E-state index is 13.8. The van der Waals surface area contributed by atoms with Crippen molar-refractivity contribution in [1.82, 2.24) is 9.97 Å². The molecule has 0 saturated heterocycles. The molecule has 3 aromatic rings. The van der Waals surface area contributed by atoms with Crippen molar-refractivity contribution in [3.05, 3.63) is 71.4 Å². The Bertz CT molecular complexity index is 922. The summed E-state index contributed by atoms with van der Waals surface area (Å²) in [6, 6.07) is 14.6. The highest BCUT2D eigenvalue weighted by Crippen LogP contribution is 2.32. The molecule has 2 aromatic carbocycles. The first-order chi connectivity index (χ1) is 12.7. The molecule has 0 spiro atoms. The number of ether oxygens (including phenoxy) is 2. The molecule has 132 valence electrons. The van der Waals surface area contributed by atoms with Gasteiger partial charge in [0.1, 0.15) is 0 Å². The second-order valence-electron chi connectivity index (χ2n) is 5.04. The third-order valence-corrected chi connectivity index (χ3v) is 3.44. The van der Waals surface area contributed by atoms with Gasteiger partial charge >= 0.3 is 0 Å². The smallest absolute Gasteiger partial charge is 0.260 e. The van der Waals surface area contributed by atoms with Gasteiger partial charge in [0.25, 0.3) is 5.88 Å². The van der Waals surface area contributed by atoms with Gasteiger partial charge in [-0.25, -0.2) is 4.98 Å². The summed E-state index contributed by atoms with van der Waals surface area (Å²) in [6.45, 7) is 0. The first-order valence-corrected chi connectivity index (χ1v) is 7.91. The predicted molar refractivity (Wildman–Crippen MR) is 97.7 cm³/mol. The second-order valence-corrected chi connectivity index (χ2v) is 5.38. The summed E-state index contributed by atoms with van der Waals surface area (Å²) in [6.07, 6.45) is 2.54. The highest BCUT2D eigenvalue weighted by molar-refractivity contribution is 6.28. The van der Waals surface area contributed by atoms with Gasteiger partial charge < -0.3 is 9.47 Å². The van der Waals surface area contributed by atoms with Gasteiger partial charge in [-0.15, -0.1) is 0 Å². The Labute approximate surface area is 154 Å². The average Bonchev–Trinajstić information content (AvgIpc) is 2.66. The molecule has 0 fully saturated rings. The second kappa shape index (κ2) is 8.26. The van der Waals surface area contributed by atoms with Crippen LogP contribution in [0, 0.1) is 5.82 Å². The van der Waals surface area contributed by atoms with E-state index in [2.05, 4.69) is 20.5 Å². The van der Waals surface area contributed by atoms with E-state index < -0.39 is 5.82 Å². The normalized spacial score (nSPS) is 10.7. The molecule has 1 N–H and O–H groups in total. The molecular formula is C18H14ClFN4O2. The Kier molecular flexibility index (Phi) is 5.60. The van der Waals surface area contributed by atoms with E-state index in [1.165, 1.54) is 7.11 Å². The molecule has 8 heteroatoms. The first kappa shape index (κ1) is 17.6. The van der Waals surface area contributed by atoms with Gasteiger partial charge in [-0.05, 0) is 47.5 Å². The maximum Gasteiger partial charge on any atom is 0.260 e. The van der Waals surface area contributed by atoms with Crippen LogP contribution in [0.4, 0.5) is 10.1 Å². The van der Waals surface area contributed by atoms with Crippen molar-refractivity contribution in [2.45, 2.75) is 0 Å². The van der Waals surface area contributed by atoms with E-state index in [9.17, 15) is 4.39 Å². The highest BCUT2D eigenvalue weighted by Gasteiger charge is 2.12. The van der Waals surface area contributed by atoms with Crippen LogP contribution in [0.15, 0.2) is 59.8 Å². The quantitative estimate of drug-likeness (QED) is 0.391. The fourth-order valence-electron chi connectivity index (χ4n) is 2.05. The summed E-state index contributed by atoms with van der Waals surface area (Å²) in [5.74, 6) is -0.349. The number of aromatic nitrogens is 2. The minimum atomic E-state index is -0.735. The third kappa shape index (κ3) is 4.46. The largest absolute Gasteiger partial charge is 0.493 e. The Morgan fingerprint density at radius 1 is 1.15 bits per heavy atom. The molecule has 0 saturated carbocycles. The van der Waals surface area contributed by atoms with Crippen LogP contribution < -0.4 is 14.9 Å². The number of hydrogen-bond acceptors (Lipinski definition) is 6. The molecule has 0 atom stereocenters. The molecule has 0 bridgehead atoms. The monoisotopic (exact) mass is 372 g/mol. The fraction of sp³-hybridized carbons (Fsp3) is 0.0556. The van der Waals surface area contributed by atoms with Gasteiger partial charge in [0.2, 0.25) is 11.1 Å². The van der Waals surface area contributed by atoms with Crippen molar-refractivity contribution < 1.29 is 13.9 Å². The van der Waals surface area contributed by atoms with Crippen molar-refractivity contribution in [2.24, 2.45) is 5.10 Å². The Morgan fingerprint density at radius 2 is 1.96 bits per heavy atom. The van der Waals surface area contributed by atoms with E-state index in [-0.39, 0.29) is 16.9 Å². The van der Waals surface area contributed by atoms with Crippen LogP contribution in [-0.4, -0.2) is 23.3 Å². The summed E-state index contributed by atoms with van der Waals surface area (Å²) in [4.78, 5) is 7.28. The number of rotatable bonds is 6. The fourth-order valence-corrected chi connectivity index (χ4v) is 2.18. The number of nitrogens with one attached hydrogen (secondary N) is 1. The zero-order valence-electron chi connectivity index (χ0n) is 13.7. The van der Waals surface area contributed by atoms with Crippen molar-refractivity contribution >= 4 is 23.5 Å². The topological polar surface area (TPSA) is 68.6 Å². The number of anilines is 1. The number of hydrazone groups is 1. The van der Waals surface area contributed by atoms with Gasteiger partial charge in [0.05, 0.1) is 25.2 Å². The number of para-hydroxylation sites is 1. The van der Waals surface area contributed by atoms with Gasteiger partial charge in [-0.1, -0.05) is 18.2 Å². The van der Waals surface area contributed by atoms with Crippen LogP contribution in [-0.2, 0) is 0 Å². The maximum absolute atomic E-state index is 13.8. The SMILES string of the molecule is COc1ccc(/C=N\Nc2ccccc2)cc1Oc1nc(Cl)ncc1F. The standard InChI is InChI=1S/C18H14ClFN4O2/c1-25-15-8-7-12(10-22-24-13-5-3-2-4-6-13)9-16(15)26-17-14(20)11-21-18(19)23-17/h2-11,24H,1H3/b22-10-. The zero-order chi connectivity index (χ0) is 18.4. The lowest BCUT2D eigenvalue weighted by molar-refractivity contribution is 0.363. The van der Waals surface area contributed by atoms with E-state index in [1.807, 2.05) is 30.3 Å². The number of methoxy groups -OCH3 is 1. The Hall–Kier alpha value is -3.19. The van der Waals surface area contributed by atoms with Crippen molar-refractivity contribution in [3.63, 3.8) is 0 Å². The molecule has 26 heavy (non-hydrogen) atoms. The van der Waals surface area contributed by atoms with Crippen molar-refractivity contribution in [1.29, 1.82) is 0 Å². The first-order valence-electron chi connectivity index (χ1n) is 7.54. The van der Waals surface area contributed by atoms with Crippen LogP contribution in [0.2, 0.25) is 5.28 Å². The lowest BCUT2D eigenvalue weighted by Crippen LogP contribution is -1.98. The highest BCUT2D eigenvalue weighted by atomic mass is 35.5. The lowest BCUT2D eigenvalue weighted by Gasteiger charge is -2.10. The molecule has 0 aliphatic heterocycles. The van der Waals surface area contributed by atoms with E-state index in [0.29, 0.717) is 11.3 Å². The molecule has 1 heterocycles. The van der Waals surface area contributed by atoms with Crippen LogP contribution in [0.25, 0.3) is 0 Å². The van der Waals surface area contributed by atoms with Crippen molar-refractivity contribution in [2.75, 3.05) is 12.5 Å². The van der Waals surface area contributed by atoms with E-state index in [0.717, 1.165) is 11.9 Å². The number of nitrogens with zero attached hydrogens (tertiary/aromatic N) is 3. The zero-order valence-corrected chi connectivity index (χ0v) is 14.4. The number of hydrogen-bond donors (Lipinski definition) is 1. The number of halogens is 2. The summed E-state index contributed by atoms with van der Waals surface area (Å²) in [5, 5.41) is 4.03. The molecular weight excluding hydrogens is 359 g/mol. The summed E-state index contributed by atoms with van der Waals surface area (Å²) >= 11 is 5.69. The third-order valence-electron chi connectivity index (χ3n) is 3.26. The molecule has 1 aromatic heterocycles. The van der Waals surface area contributed by atoms with E-state index >= 15 is 0 Å². The molecule has 0 amide bonds. The molecule has 0 aliphatic carbocycles. The summed E-state index contributed by atoms with van der Waals surface area (Å²) < 4.78 is 24.5. The van der Waals surface area contributed by atoms with Crippen LogP contribution >= 0.6 is 11.6 Å². The van der Waals surface area contributed by atoms with Crippen LogP contribution in [0.5, 0.6) is 17.4 Å². The Balaban J connectivity index is 1.81. The molecule has 0 aliphatic rings. The van der Waals surface area contributed by atoms with E-state index in [1.54, 1.807) is 24.4 Å². The predicted octanol–water partition coefficient (Wildman–Crippen LogP) is 4.52. The number of benzene rings is 2. The molecule has 0 unspecified atom stereocenters. The summed E-state index contributed by atoms with van der Waals surface area (Å²) in [5.41, 5.74) is 4.47. The minimum absolute atomic E-state index is 0.120. The minimum Gasteiger partial charge on any atom is -0.493 e. The van der Waals surface area contributed by atoms with Gasteiger partial charge in [-0.3, -0.25) is 5.43 Å². The molecule has 3 rings (SSSR count). The molecule has 6 nitrogen and oxygen atoms in total. The van der Waals surface area contributed by atoms with E-state index in [4.69, 9.17) is 21.1 Å². The van der Waals surface area contributed by atoms with Gasteiger partial charge in [0.15, 0.2) is 11.5 Å². The molecule has 0 radical (unpaired) electrons. The van der Waals surface area contributed by atoms with Crippen LogP contribution in [0.3, 0.4) is 0 Å². The van der Waals surface area contributed by atoms with Crippen molar-refractivity contribution in [3.8, 4) is 17.4 Å². The van der Waals surface area contributed by atoms with Gasteiger partial charge in [0, 0.05) is 0 Å².